The Morgan fingerprint density at radius 1 is 0.800 bits per heavy atom. The molecule has 2 rings (SSSR count). The number of nitrogens with zero attached hydrogens (tertiary/aromatic N) is 2. The highest BCUT2D eigenvalue weighted by molar-refractivity contribution is 5.43. The summed E-state index contributed by atoms with van der Waals surface area (Å²) in [5.41, 5.74) is -0.512. The lowest BCUT2D eigenvalue weighted by molar-refractivity contribution is -0.144. The number of rotatable bonds is 5. The van der Waals surface area contributed by atoms with Crippen molar-refractivity contribution in [3.05, 3.63) is 59.7 Å². The zero-order chi connectivity index (χ0) is 18.5. The minimum Gasteiger partial charge on any atom is -0.388 e. The Bertz CT molecular complexity index is 741. The molecular weight excluding hydrogens is 333 g/mol. The first kappa shape index (κ1) is 18.2. The van der Waals surface area contributed by atoms with Gasteiger partial charge in [0.1, 0.15) is 11.5 Å². The van der Waals surface area contributed by atoms with Crippen LogP contribution in [0.3, 0.4) is 0 Å². The second-order valence-electron chi connectivity index (χ2n) is 5.56. The summed E-state index contributed by atoms with van der Waals surface area (Å²) in [6.45, 7) is 1.49. The van der Waals surface area contributed by atoms with E-state index in [2.05, 4.69) is 9.47 Å². The van der Waals surface area contributed by atoms with E-state index in [0.717, 1.165) is 0 Å². The molecule has 0 radical (unpaired) electrons. The zero-order valence-electron chi connectivity index (χ0n) is 13.2. The summed E-state index contributed by atoms with van der Waals surface area (Å²) in [4.78, 5) is 0. The molecule has 25 heavy (non-hydrogen) atoms. The van der Waals surface area contributed by atoms with E-state index >= 15 is 0 Å². The van der Waals surface area contributed by atoms with Gasteiger partial charge in [-0.25, -0.2) is 0 Å². The van der Waals surface area contributed by atoms with Crippen molar-refractivity contribution in [3.63, 3.8) is 0 Å². The molecular formula is C18H13F3N2O2. The van der Waals surface area contributed by atoms with Crippen molar-refractivity contribution in [3.8, 4) is 24.0 Å². The van der Waals surface area contributed by atoms with Crippen LogP contribution in [-0.2, 0) is 5.41 Å². The van der Waals surface area contributed by atoms with Gasteiger partial charge in [-0.2, -0.15) is 13.2 Å². The molecule has 0 saturated heterocycles. The summed E-state index contributed by atoms with van der Waals surface area (Å²) in [6.07, 6.45) is -2.44. The van der Waals surface area contributed by atoms with Gasteiger partial charge in [0.15, 0.2) is 0 Å². The van der Waals surface area contributed by atoms with Gasteiger partial charge < -0.3 is 9.47 Å². The molecule has 0 fully saturated rings. The first-order valence-corrected chi connectivity index (χ1v) is 7.18. The Kier molecular flexibility index (Phi) is 5.19. The maximum Gasteiger partial charge on any atom is 0.390 e. The van der Waals surface area contributed by atoms with Crippen LogP contribution in [0.1, 0.15) is 24.5 Å². The third kappa shape index (κ3) is 4.42. The molecule has 0 aliphatic rings. The second-order valence-corrected chi connectivity index (χ2v) is 5.56. The molecule has 2 aromatic carbocycles. The van der Waals surface area contributed by atoms with Gasteiger partial charge in [0, 0.05) is 5.41 Å². The minimum absolute atomic E-state index is 0.248. The van der Waals surface area contributed by atoms with Crippen molar-refractivity contribution < 1.29 is 22.6 Å². The molecule has 0 aliphatic heterocycles. The van der Waals surface area contributed by atoms with Crippen LogP contribution in [0.25, 0.3) is 0 Å². The van der Waals surface area contributed by atoms with E-state index in [-0.39, 0.29) is 11.5 Å². The molecule has 7 heteroatoms. The van der Waals surface area contributed by atoms with Crippen LogP contribution < -0.4 is 9.47 Å². The lowest BCUT2D eigenvalue weighted by atomic mass is 9.73. The molecule has 0 spiro atoms. The van der Waals surface area contributed by atoms with Crippen LogP contribution in [0.15, 0.2) is 48.5 Å². The number of ether oxygens (including phenoxy) is 2. The summed E-state index contributed by atoms with van der Waals surface area (Å²) in [6, 6.07) is 11.8. The molecule has 0 bridgehead atoms. The summed E-state index contributed by atoms with van der Waals surface area (Å²) in [7, 11) is 0. The van der Waals surface area contributed by atoms with E-state index < -0.39 is 18.0 Å². The Morgan fingerprint density at radius 2 is 1.16 bits per heavy atom. The molecule has 0 saturated carbocycles. The highest BCUT2D eigenvalue weighted by Gasteiger charge is 2.41. The largest absolute Gasteiger partial charge is 0.390 e. The van der Waals surface area contributed by atoms with Gasteiger partial charge in [0.05, 0.1) is 6.42 Å². The predicted octanol–water partition coefficient (Wildman–Crippen LogP) is 4.66. The summed E-state index contributed by atoms with van der Waals surface area (Å²) in [5.74, 6) is 0.497. The van der Waals surface area contributed by atoms with E-state index in [1.165, 1.54) is 68.0 Å². The Balaban J connectivity index is 2.46. The number of halogens is 3. The molecule has 0 aliphatic carbocycles. The van der Waals surface area contributed by atoms with Gasteiger partial charge in [-0.3, -0.25) is 0 Å². The van der Waals surface area contributed by atoms with E-state index in [4.69, 9.17) is 10.5 Å². The Hall–Kier alpha value is -3.19. The molecule has 4 nitrogen and oxygen atoms in total. The average molecular weight is 346 g/mol. The molecule has 2 aromatic rings. The Morgan fingerprint density at radius 3 is 1.44 bits per heavy atom. The number of hydrogen-bond acceptors (Lipinski definition) is 4. The van der Waals surface area contributed by atoms with Crippen molar-refractivity contribution in [2.75, 3.05) is 0 Å². The summed E-state index contributed by atoms with van der Waals surface area (Å²) < 4.78 is 48.9. The highest BCUT2D eigenvalue weighted by atomic mass is 19.4. The van der Waals surface area contributed by atoms with Crippen molar-refractivity contribution >= 4 is 0 Å². The Labute approximate surface area is 142 Å². The van der Waals surface area contributed by atoms with Crippen LogP contribution in [0.4, 0.5) is 13.2 Å². The fourth-order valence-corrected chi connectivity index (χ4v) is 2.66. The third-order valence-corrected chi connectivity index (χ3v) is 3.86. The average Bonchev–Trinajstić information content (AvgIpc) is 2.55. The molecule has 0 amide bonds. The quantitative estimate of drug-likeness (QED) is 0.738. The molecule has 0 unspecified atom stereocenters. The van der Waals surface area contributed by atoms with Crippen molar-refractivity contribution in [2.45, 2.75) is 24.9 Å². The number of alkyl halides is 3. The minimum atomic E-state index is -4.39. The van der Waals surface area contributed by atoms with E-state index in [9.17, 15) is 13.2 Å². The van der Waals surface area contributed by atoms with E-state index in [1.54, 1.807) is 0 Å². The molecule has 0 N–H and O–H groups in total. The van der Waals surface area contributed by atoms with Crippen LogP contribution >= 0.6 is 0 Å². The first-order chi connectivity index (χ1) is 11.8. The smallest absolute Gasteiger partial charge is 0.388 e. The van der Waals surface area contributed by atoms with Crippen molar-refractivity contribution in [2.24, 2.45) is 0 Å². The predicted molar refractivity (Wildman–Crippen MR) is 82.5 cm³/mol. The molecule has 128 valence electrons. The van der Waals surface area contributed by atoms with Gasteiger partial charge in [-0.1, -0.05) is 31.2 Å². The van der Waals surface area contributed by atoms with Crippen LogP contribution in [0, 0.1) is 23.0 Å². The van der Waals surface area contributed by atoms with E-state index in [1.807, 2.05) is 0 Å². The lowest BCUT2D eigenvalue weighted by Gasteiger charge is -2.32. The van der Waals surface area contributed by atoms with Gasteiger partial charge in [0.25, 0.3) is 12.5 Å². The van der Waals surface area contributed by atoms with Gasteiger partial charge in [-0.05, 0) is 35.4 Å². The standard InChI is InChI=1S/C18H13F3N2O2/c1-17(10-18(19,20)21,13-2-6-15(7-3-13)24-11-22)14-4-8-16(9-5-14)25-12-23/h2-9H,10H2,1H3. The van der Waals surface area contributed by atoms with Crippen LogP contribution in [-0.4, -0.2) is 6.18 Å². The maximum atomic E-state index is 13.2. The summed E-state index contributed by atoms with van der Waals surface area (Å²) in [5, 5.41) is 17.0. The summed E-state index contributed by atoms with van der Waals surface area (Å²) >= 11 is 0. The van der Waals surface area contributed by atoms with Crippen molar-refractivity contribution in [1.29, 1.82) is 10.5 Å². The normalized spacial score (nSPS) is 11.3. The van der Waals surface area contributed by atoms with Crippen LogP contribution in [0.5, 0.6) is 11.5 Å². The van der Waals surface area contributed by atoms with Crippen molar-refractivity contribution in [1.82, 2.24) is 0 Å². The topological polar surface area (TPSA) is 66.0 Å². The van der Waals surface area contributed by atoms with Gasteiger partial charge in [0.2, 0.25) is 0 Å². The number of nitriles is 2. The highest BCUT2D eigenvalue weighted by Crippen LogP contribution is 2.42. The van der Waals surface area contributed by atoms with E-state index in [0.29, 0.717) is 11.1 Å². The fourth-order valence-electron chi connectivity index (χ4n) is 2.66. The lowest BCUT2D eigenvalue weighted by Crippen LogP contribution is -2.30. The zero-order valence-corrected chi connectivity index (χ0v) is 13.2. The SMILES string of the molecule is CC(CC(F)(F)F)(c1ccc(OC#N)cc1)c1ccc(OC#N)cc1. The van der Waals surface area contributed by atoms with Crippen LogP contribution in [0.2, 0.25) is 0 Å². The maximum absolute atomic E-state index is 13.2. The number of benzene rings is 2. The molecule has 0 heterocycles. The molecule has 0 aromatic heterocycles. The van der Waals surface area contributed by atoms with Gasteiger partial charge >= 0.3 is 6.18 Å². The third-order valence-electron chi connectivity index (χ3n) is 3.86. The second kappa shape index (κ2) is 7.14. The monoisotopic (exact) mass is 346 g/mol. The first-order valence-electron chi connectivity index (χ1n) is 7.18. The fraction of sp³-hybridized carbons (Fsp3) is 0.222. The molecule has 0 atom stereocenters. The number of hydrogen-bond donors (Lipinski definition) is 0. The van der Waals surface area contributed by atoms with Gasteiger partial charge in [-0.15, -0.1) is 10.5 Å².